The Balaban J connectivity index is 2.01. The minimum Gasteiger partial charge on any atom is -0.393 e. The molecule has 0 radical (unpaired) electrons. The second-order valence-corrected chi connectivity index (χ2v) is 6.28. The van der Waals surface area contributed by atoms with Crippen molar-refractivity contribution >= 4 is 28.8 Å². The first kappa shape index (κ1) is 15.9. The molecule has 4 nitrogen and oxygen atoms in total. The number of ether oxygens (including phenoxy) is 1. The average Bonchev–Trinajstić information content (AvgIpc) is 2.65. The third-order valence-electron chi connectivity index (χ3n) is 4.14. The molecule has 3 N–H and O–H groups in total. The van der Waals surface area contributed by atoms with Crippen LogP contribution in [-0.4, -0.2) is 23.1 Å². The van der Waals surface area contributed by atoms with Gasteiger partial charge in [0.25, 0.3) is 0 Å². The summed E-state index contributed by atoms with van der Waals surface area (Å²) in [6, 6.07) is 7.60. The molecule has 0 aromatic heterocycles. The normalized spacial score (nSPS) is 28.3. The molecule has 1 saturated heterocycles. The van der Waals surface area contributed by atoms with Crippen LogP contribution in [0.5, 0.6) is 0 Å². The minimum absolute atomic E-state index is 0.0152. The molecule has 0 saturated carbocycles. The number of carbonyl (C=O) groups is 1. The summed E-state index contributed by atoms with van der Waals surface area (Å²) in [5.41, 5.74) is 7.34. The second-order valence-electron chi connectivity index (χ2n) is 5.76. The minimum atomic E-state index is -0.115. The van der Waals surface area contributed by atoms with Gasteiger partial charge in [-0.2, -0.15) is 0 Å². The van der Waals surface area contributed by atoms with E-state index < -0.39 is 0 Å². The number of nitrogens with two attached hydrogens (primary N) is 1. The number of benzene rings is 1. The molecular weight excluding hydrogens is 284 g/mol. The van der Waals surface area contributed by atoms with Gasteiger partial charge in [-0.05, 0) is 37.5 Å². The first-order valence-electron chi connectivity index (χ1n) is 7.22. The predicted octanol–water partition coefficient (Wildman–Crippen LogP) is 2.51. The quantitative estimate of drug-likeness (QED) is 0.839. The van der Waals surface area contributed by atoms with Gasteiger partial charge >= 0.3 is 0 Å². The molecule has 4 unspecified atom stereocenters. The number of hydrogen-bond donors (Lipinski definition) is 2. The van der Waals surface area contributed by atoms with Crippen molar-refractivity contribution in [1.82, 2.24) is 0 Å². The Hall–Kier alpha value is -1.46. The second kappa shape index (κ2) is 6.54. The molecule has 0 bridgehead atoms. The van der Waals surface area contributed by atoms with Gasteiger partial charge in [0.05, 0.1) is 23.1 Å². The third kappa shape index (κ3) is 3.80. The van der Waals surface area contributed by atoms with Crippen molar-refractivity contribution < 1.29 is 9.53 Å². The van der Waals surface area contributed by atoms with Gasteiger partial charge < -0.3 is 15.8 Å². The van der Waals surface area contributed by atoms with Crippen molar-refractivity contribution in [1.29, 1.82) is 0 Å². The third-order valence-corrected chi connectivity index (χ3v) is 4.29. The van der Waals surface area contributed by atoms with Crippen LogP contribution in [-0.2, 0) is 16.0 Å². The summed E-state index contributed by atoms with van der Waals surface area (Å²) in [4.78, 5) is 12.9. The highest BCUT2D eigenvalue weighted by Gasteiger charge is 2.41. The van der Waals surface area contributed by atoms with E-state index in [1.807, 2.05) is 38.1 Å². The highest BCUT2D eigenvalue weighted by Crippen LogP contribution is 2.32. The number of amides is 1. The van der Waals surface area contributed by atoms with Crippen molar-refractivity contribution in [3.8, 4) is 0 Å². The van der Waals surface area contributed by atoms with Crippen LogP contribution in [0.4, 0.5) is 5.69 Å². The summed E-state index contributed by atoms with van der Waals surface area (Å²) in [6.45, 7) is 6.03. The zero-order valence-electron chi connectivity index (χ0n) is 12.6. The van der Waals surface area contributed by atoms with Crippen molar-refractivity contribution in [2.24, 2.45) is 17.6 Å². The molecule has 1 aromatic rings. The Kier molecular flexibility index (Phi) is 4.96. The van der Waals surface area contributed by atoms with Gasteiger partial charge in [0, 0.05) is 12.1 Å². The molecule has 1 heterocycles. The van der Waals surface area contributed by atoms with Crippen LogP contribution in [0.25, 0.3) is 0 Å². The van der Waals surface area contributed by atoms with Crippen LogP contribution in [0.2, 0.25) is 0 Å². The lowest BCUT2D eigenvalue weighted by Crippen LogP contribution is -2.31. The van der Waals surface area contributed by atoms with Crippen LogP contribution in [0, 0.1) is 11.8 Å². The molecule has 1 aliphatic heterocycles. The Bertz CT molecular complexity index is 530. The SMILES string of the molecule is CC1OC(C)C(C(=O)Nc2ccc(CC(N)=S)cc2)C1C. The Morgan fingerprint density at radius 2 is 1.86 bits per heavy atom. The van der Waals surface area contributed by atoms with E-state index in [1.54, 1.807) is 0 Å². The van der Waals surface area contributed by atoms with Crippen LogP contribution in [0.3, 0.4) is 0 Å². The highest BCUT2D eigenvalue weighted by molar-refractivity contribution is 7.80. The molecule has 5 heteroatoms. The van der Waals surface area contributed by atoms with Crippen molar-refractivity contribution in [2.75, 3.05) is 5.32 Å². The maximum atomic E-state index is 12.4. The van der Waals surface area contributed by atoms with Gasteiger partial charge in [0.1, 0.15) is 0 Å². The maximum Gasteiger partial charge on any atom is 0.230 e. The van der Waals surface area contributed by atoms with Crippen molar-refractivity contribution in [2.45, 2.75) is 39.4 Å². The average molecular weight is 306 g/mol. The fourth-order valence-electron chi connectivity index (χ4n) is 2.85. The molecule has 0 spiro atoms. The molecule has 1 aromatic carbocycles. The summed E-state index contributed by atoms with van der Waals surface area (Å²) in [5.74, 6) is 0.117. The van der Waals surface area contributed by atoms with E-state index in [4.69, 9.17) is 22.7 Å². The summed E-state index contributed by atoms with van der Waals surface area (Å²) >= 11 is 4.88. The van der Waals surface area contributed by atoms with E-state index in [0.717, 1.165) is 11.3 Å². The van der Waals surface area contributed by atoms with Crippen LogP contribution in [0.15, 0.2) is 24.3 Å². The fraction of sp³-hybridized carbons (Fsp3) is 0.500. The van der Waals surface area contributed by atoms with Gasteiger partial charge in [-0.15, -0.1) is 0 Å². The maximum absolute atomic E-state index is 12.4. The molecule has 4 atom stereocenters. The number of hydrogen-bond acceptors (Lipinski definition) is 3. The van der Waals surface area contributed by atoms with E-state index in [2.05, 4.69) is 12.2 Å². The first-order chi connectivity index (χ1) is 9.88. The largest absolute Gasteiger partial charge is 0.393 e. The molecule has 1 aliphatic rings. The predicted molar refractivity (Wildman–Crippen MR) is 88.2 cm³/mol. The summed E-state index contributed by atoms with van der Waals surface area (Å²) in [7, 11) is 0. The zero-order valence-corrected chi connectivity index (χ0v) is 13.4. The molecule has 1 fully saturated rings. The van der Waals surface area contributed by atoms with Crippen LogP contribution < -0.4 is 11.1 Å². The van der Waals surface area contributed by atoms with Gasteiger partial charge in [-0.1, -0.05) is 31.3 Å². The van der Waals surface area contributed by atoms with Gasteiger partial charge in [0.15, 0.2) is 0 Å². The fourth-order valence-corrected chi connectivity index (χ4v) is 3.02. The topological polar surface area (TPSA) is 64.3 Å². The Morgan fingerprint density at radius 1 is 1.24 bits per heavy atom. The lowest BCUT2D eigenvalue weighted by molar-refractivity contribution is -0.121. The lowest BCUT2D eigenvalue weighted by Gasteiger charge is -2.18. The zero-order chi connectivity index (χ0) is 15.6. The number of thiocarbonyl (C=S) groups is 1. The molecule has 114 valence electrons. The summed E-state index contributed by atoms with van der Waals surface area (Å²) < 4.78 is 5.72. The summed E-state index contributed by atoms with van der Waals surface area (Å²) in [5, 5.41) is 2.96. The van der Waals surface area contributed by atoms with Crippen molar-refractivity contribution in [3.63, 3.8) is 0 Å². The first-order valence-corrected chi connectivity index (χ1v) is 7.63. The van der Waals surface area contributed by atoms with E-state index in [0.29, 0.717) is 11.4 Å². The number of carbonyl (C=O) groups excluding carboxylic acids is 1. The number of nitrogens with one attached hydrogen (secondary N) is 1. The van der Waals surface area contributed by atoms with Gasteiger partial charge in [-0.3, -0.25) is 4.79 Å². The van der Waals surface area contributed by atoms with Gasteiger partial charge in [-0.25, -0.2) is 0 Å². The Labute approximate surface area is 131 Å². The van der Waals surface area contributed by atoms with E-state index in [1.165, 1.54) is 0 Å². The van der Waals surface area contributed by atoms with E-state index >= 15 is 0 Å². The monoisotopic (exact) mass is 306 g/mol. The summed E-state index contributed by atoms with van der Waals surface area (Å²) in [6.07, 6.45) is 0.638. The van der Waals surface area contributed by atoms with Crippen LogP contribution in [0.1, 0.15) is 26.3 Å². The van der Waals surface area contributed by atoms with E-state index in [9.17, 15) is 4.79 Å². The standard InChI is InChI=1S/C16H22N2O2S/c1-9-10(2)20-11(3)15(9)16(19)18-13-6-4-12(5-7-13)8-14(17)21/h4-7,9-11,15H,8H2,1-3H3,(H2,17,21)(H,18,19). The Morgan fingerprint density at radius 3 is 2.33 bits per heavy atom. The van der Waals surface area contributed by atoms with Crippen LogP contribution >= 0.6 is 12.2 Å². The molecule has 1 amide bonds. The molecule has 2 rings (SSSR count). The number of anilines is 1. The highest BCUT2D eigenvalue weighted by atomic mass is 32.1. The van der Waals surface area contributed by atoms with Gasteiger partial charge in [0.2, 0.25) is 5.91 Å². The molecule has 21 heavy (non-hydrogen) atoms. The van der Waals surface area contributed by atoms with Crippen molar-refractivity contribution in [3.05, 3.63) is 29.8 Å². The van der Waals surface area contributed by atoms with E-state index in [-0.39, 0.29) is 30.0 Å². The molecular formula is C16H22N2O2S. The lowest BCUT2D eigenvalue weighted by atomic mass is 9.89. The smallest absolute Gasteiger partial charge is 0.230 e. The number of rotatable bonds is 4. The molecule has 0 aliphatic carbocycles.